The smallest absolute Gasteiger partial charge is 0.151 e. The molecule has 0 aliphatic carbocycles. The maximum atomic E-state index is 5.04. The average Bonchev–Trinajstić information content (AvgIpc) is 2.02. The molecule has 0 saturated carbocycles. The van der Waals surface area contributed by atoms with Crippen molar-refractivity contribution >= 4 is 17.5 Å². The summed E-state index contributed by atoms with van der Waals surface area (Å²) in [6.07, 6.45) is 2.00. The second kappa shape index (κ2) is 4.96. The lowest BCUT2D eigenvalue weighted by Gasteiger charge is -2.26. The number of ether oxygens (including phenoxy) is 1. The highest BCUT2D eigenvalue weighted by Crippen LogP contribution is 2.19. The highest BCUT2D eigenvalue weighted by atomic mass is 32.2. The minimum Gasteiger partial charge on any atom is -0.378 e. The zero-order valence-electron chi connectivity index (χ0n) is 9.20. The van der Waals surface area contributed by atoms with E-state index in [9.17, 15) is 0 Å². The number of nitrogens with one attached hydrogen (secondary N) is 1. The van der Waals surface area contributed by atoms with Gasteiger partial charge in [0.05, 0.1) is 12.3 Å². The van der Waals surface area contributed by atoms with E-state index in [1.165, 1.54) is 0 Å². The molecule has 3 nitrogen and oxygen atoms in total. The summed E-state index contributed by atoms with van der Waals surface area (Å²) in [6.45, 7) is 6.99. The highest BCUT2D eigenvalue weighted by molar-refractivity contribution is 8.02. The van der Waals surface area contributed by atoms with Crippen LogP contribution >= 0.6 is 11.8 Å². The second-order valence-electron chi connectivity index (χ2n) is 4.24. The minimum absolute atomic E-state index is 0.0878. The number of rotatable bonds is 3. The van der Waals surface area contributed by atoms with Crippen LogP contribution in [0.4, 0.5) is 0 Å². The predicted octanol–water partition coefficient (Wildman–Crippen LogP) is 2.01. The molecule has 0 saturated heterocycles. The second-order valence-corrected chi connectivity index (χ2v) is 5.23. The molecule has 1 aliphatic rings. The summed E-state index contributed by atoms with van der Waals surface area (Å²) in [6, 6.07) is 0. The Morgan fingerprint density at radius 2 is 2.29 bits per heavy atom. The van der Waals surface area contributed by atoms with Gasteiger partial charge in [0.1, 0.15) is 0 Å². The zero-order valence-corrected chi connectivity index (χ0v) is 10.0. The van der Waals surface area contributed by atoms with Crippen LogP contribution in [0.2, 0.25) is 0 Å². The maximum Gasteiger partial charge on any atom is 0.151 e. The van der Waals surface area contributed by atoms with Crippen LogP contribution in [0.15, 0.2) is 16.5 Å². The van der Waals surface area contributed by atoms with E-state index >= 15 is 0 Å². The van der Waals surface area contributed by atoms with Crippen molar-refractivity contribution in [1.29, 1.82) is 0 Å². The molecular formula is C10H18N2OS. The van der Waals surface area contributed by atoms with Crippen molar-refractivity contribution in [1.82, 2.24) is 5.32 Å². The van der Waals surface area contributed by atoms with Gasteiger partial charge in [-0.2, -0.15) is 0 Å². The van der Waals surface area contributed by atoms with E-state index in [1.807, 2.05) is 6.08 Å². The lowest BCUT2D eigenvalue weighted by atomic mass is 10.1. The Morgan fingerprint density at radius 1 is 1.57 bits per heavy atom. The molecule has 0 radical (unpaired) electrons. The van der Waals surface area contributed by atoms with Gasteiger partial charge in [-0.15, -0.1) is 0 Å². The molecule has 1 heterocycles. The molecule has 1 rings (SSSR count). The lowest BCUT2D eigenvalue weighted by Crippen LogP contribution is -2.42. The molecule has 0 unspecified atom stereocenters. The highest BCUT2D eigenvalue weighted by Gasteiger charge is 2.18. The van der Waals surface area contributed by atoms with Crippen LogP contribution in [-0.2, 0) is 4.74 Å². The van der Waals surface area contributed by atoms with Crippen LogP contribution in [0.5, 0.6) is 0 Å². The number of hydrogen-bond donors (Lipinski definition) is 1. The van der Waals surface area contributed by atoms with Gasteiger partial charge < -0.3 is 4.74 Å². The van der Waals surface area contributed by atoms with Crippen molar-refractivity contribution in [3.05, 3.63) is 11.5 Å². The molecule has 1 N–H and O–H groups in total. The quantitative estimate of drug-likeness (QED) is 0.780. The van der Waals surface area contributed by atoms with Gasteiger partial charge in [0.2, 0.25) is 0 Å². The fraction of sp³-hybridized carbons (Fsp3) is 0.700. The molecule has 1 aliphatic heterocycles. The third kappa shape index (κ3) is 4.26. The van der Waals surface area contributed by atoms with Crippen LogP contribution in [-0.4, -0.2) is 30.5 Å². The van der Waals surface area contributed by atoms with Crippen LogP contribution in [0, 0.1) is 0 Å². The van der Waals surface area contributed by atoms with Crippen LogP contribution in [0.25, 0.3) is 0 Å². The van der Waals surface area contributed by atoms with Crippen molar-refractivity contribution in [3.8, 4) is 0 Å². The van der Waals surface area contributed by atoms with Crippen molar-refractivity contribution < 1.29 is 4.74 Å². The maximum absolute atomic E-state index is 5.04. The Hall–Kier alpha value is -0.320. The summed E-state index contributed by atoms with van der Waals surface area (Å²) in [5.41, 5.74) is 1.20. The first kappa shape index (κ1) is 11.8. The van der Waals surface area contributed by atoms with E-state index in [4.69, 9.17) is 4.74 Å². The average molecular weight is 214 g/mol. The van der Waals surface area contributed by atoms with E-state index in [1.54, 1.807) is 18.9 Å². The van der Waals surface area contributed by atoms with Gasteiger partial charge in [-0.25, -0.2) is 0 Å². The minimum atomic E-state index is 0.0878. The molecule has 0 fully saturated rings. The van der Waals surface area contributed by atoms with E-state index in [-0.39, 0.29) is 11.0 Å². The van der Waals surface area contributed by atoms with Gasteiger partial charge in [0.25, 0.3) is 0 Å². The summed E-state index contributed by atoms with van der Waals surface area (Å²) in [4.78, 5) is 4.51. The lowest BCUT2D eigenvalue weighted by molar-refractivity contribution is 0.245. The van der Waals surface area contributed by atoms with E-state index in [2.05, 4.69) is 36.5 Å². The Kier molecular flexibility index (Phi) is 4.16. The fourth-order valence-electron chi connectivity index (χ4n) is 1.09. The molecule has 0 aromatic heterocycles. The van der Waals surface area contributed by atoms with E-state index in [0.29, 0.717) is 6.61 Å². The monoisotopic (exact) mass is 214 g/mol. The van der Waals surface area contributed by atoms with Gasteiger partial charge in [0, 0.05) is 12.6 Å². The third-order valence-corrected chi connectivity index (χ3v) is 2.37. The SMILES string of the molecule is COCC1=N[C@H](NC(C)(C)C)SC=C1. The summed E-state index contributed by atoms with van der Waals surface area (Å²) in [5, 5.41) is 5.48. The van der Waals surface area contributed by atoms with Crippen LogP contribution in [0.3, 0.4) is 0 Å². The molecule has 14 heavy (non-hydrogen) atoms. The molecule has 0 amide bonds. The Bertz CT molecular complexity index is 243. The van der Waals surface area contributed by atoms with Gasteiger partial charge in [-0.05, 0) is 32.3 Å². The first-order chi connectivity index (χ1) is 6.51. The number of thioether (sulfide) groups is 1. The largest absolute Gasteiger partial charge is 0.378 e. The summed E-state index contributed by atoms with van der Waals surface area (Å²) >= 11 is 1.68. The van der Waals surface area contributed by atoms with E-state index < -0.39 is 0 Å². The summed E-state index contributed by atoms with van der Waals surface area (Å²) in [7, 11) is 1.68. The van der Waals surface area contributed by atoms with Crippen molar-refractivity contribution in [2.24, 2.45) is 4.99 Å². The molecular weight excluding hydrogens is 196 g/mol. The molecule has 0 bridgehead atoms. The van der Waals surface area contributed by atoms with Gasteiger partial charge >= 0.3 is 0 Å². The number of aliphatic imine (C=N–C) groups is 1. The first-order valence-corrected chi connectivity index (χ1v) is 5.61. The Labute approximate surface area is 90.0 Å². The molecule has 4 heteroatoms. The molecule has 80 valence electrons. The Morgan fingerprint density at radius 3 is 2.86 bits per heavy atom. The number of nitrogens with zero attached hydrogens (tertiary/aromatic N) is 1. The molecule has 0 aromatic rings. The predicted molar refractivity (Wildman–Crippen MR) is 62.7 cm³/mol. The van der Waals surface area contributed by atoms with Gasteiger partial charge in [-0.3, -0.25) is 10.3 Å². The van der Waals surface area contributed by atoms with Crippen LogP contribution in [0.1, 0.15) is 20.8 Å². The first-order valence-electron chi connectivity index (χ1n) is 4.66. The van der Waals surface area contributed by atoms with Crippen molar-refractivity contribution in [2.75, 3.05) is 13.7 Å². The normalized spacial score (nSPS) is 22.3. The standard InChI is InChI=1S/C10H18N2OS/c1-10(2,3)12-9-11-8(7-13-4)5-6-14-9/h5-6,9,12H,7H2,1-4H3/t9-/m1/s1. The Balaban J connectivity index is 2.53. The van der Waals surface area contributed by atoms with Gasteiger partial charge in [-0.1, -0.05) is 11.8 Å². The summed E-state index contributed by atoms with van der Waals surface area (Å²) in [5.74, 6) is 0. The van der Waals surface area contributed by atoms with Gasteiger partial charge in [0.15, 0.2) is 5.50 Å². The van der Waals surface area contributed by atoms with E-state index in [0.717, 1.165) is 5.71 Å². The van der Waals surface area contributed by atoms with Crippen LogP contribution < -0.4 is 5.32 Å². The topological polar surface area (TPSA) is 33.6 Å². The summed E-state index contributed by atoms with van der Waals surface area (Å²) < 4.78 is 5.04. The van der Waals surface area contributed by atoms with Crippen molar-refractivity contribution in [2.45, 2.75) is 31.8 Å². The third-order valence-electron chi connectivity index (χ3n) is 1.60. The molecule has 0 aromatic carbocycles. The van der Waals surface area contributed by atoms with Crippen molar-refractivity contribution in [3.63, 3.8) is 0 Å². The fourth-order valence-corrected chi connectivity index (χ4v) is 2.09. The zero-order chi connectivity index (χ0) is 10.6. The molecule has 1 atom stereocenters. The molecule has 0 spiro atoms. The number of hydrogen-bond acceptors (Lipinski definition) is 4. The number of methoxy groups -OCH3 is 1.